The van der Waals surface area contributed by atoms with Gasteiger partial charge in [-0.15, -0.1) is 11.8 Å². The Morgan fingerprint density at radius 2 is 1.70 bits per heavy atom. The Morgan fingerprint density at radius 3 is 2.40 bits per heavy atom. The van der Waals surface area contributed by atoms with Crippen molar-refractivity contribution in [3.8, 4) is 0 Å². The van der Waals surface area contributed by atoms with Gasteiger partial charge in [0.25, 0.3) is 5.91 Å². The molecule has 0 unspecified atom stereocenters. The van der Waals surface area contributed by atoms with Gasteiger partial charge in [0, 0.05) is 10.6 Å². The maximum atomic E-state index is 12.4. The number of carbonyl (C=O) groups is 1. The summed E-state index contributed by atoms with van der Waals surface area (Å²) < 4.78 is 0. The summed E-state index contributed by atoms with van der Waals surface area (Å²) in [4.78, 5) is 13.4. The Balaban J connectivity index is 2.28. The van der Waals surface area contributed by atoms with Crippen molar-refractivity contribution >= 4 is 23.4 Å². The summed E-state index contributed by atoms with van der Waals surface area (Å²) in [6, 6.07) is 15.6. The van der Waals surface area contributed by atoms with E-state index in [0.29, 0.717) is 5.92 Å². The lowest BCUT2D eigenvalue weighted by atomic mass is 10.0. The molecule has 0 radical (unpaired) electrons. The van der Waals surface area contributed by atoms with Crippen LogP contribution < -0.4 is 5.32 Å². The van der Waals surface area contributed by atoms with Crippen molar-refractivity contribution in [1.29, 1.82) is 0 Å². The number of nitrogens with one attached hydrogen (secondary N) is 1. The van der Waals surface area contributed by atoms with Crippen molar-refractivity contribution in [2.45, 2.75) is 24.7 Å². The number of anilines is 1. The molecule has 0 aromatic heterocycles. The monoisotopic (exact) mass is 285 g/mol. The van der Waals surface area contributed by atoms with E-state index in [9.17, 15) is 4.79 Å². The van der Waals surface area contributed by atoms with Gasteiger partial charge >= 0.3 is 0 Å². The first-order valence-electron chi connectivity index (χ1n) is 6.66. The Hall–Kier alpha value is -1.74. The van der Waals surface area contributed by atoms with E-state index in [1.807, 2.05) is 48.7 Å². The molecule has 2 aromatic rings. The molecule has 3 heteroatoms. The molecule has 2 aromatic carbocycles. The van der Waals surface area contributed by atoms with E-state index in [1.165, 1.54) is 0 Å². The number of thioether (sulfide) groups is 1. The zero-order valence-electron chi connectivity index (χ0n) is 12.0. The first-order chi connectivity index (χ1) is 9.63. The molecule has 0 saturated carbocycles. The van der Waals surface area contributed by atoms with Crippen molar-refractivity contribution in [3.63, 3.8) is 0 Å². The molecule has 1 amide bonds. The van der Waals surface area contributed by atoms with Crippen LogP contribution in [0.5, 0.6) is 0 Å². The summed E-state index contributed by atoms with van der Waals surface area (Å²) >= 11 is 1.58. The molecule has 1 N–H and O–H groups in total. The summed E-state index contributed by atoms with van der Waals surface area (Å²) in [5.74, 6) is 0.324. The van der Waals surface area contributed by atoms with E-state index >= 15 is 0 Å². The molecule has 0 atom stereocenters. The minimum absolute atomic E-state index is 0.0527. The van der Waals surface area contributed by atoms with Crippen molar-refractivity contribution in [3.05, 3.63) is 59.7 Å². The smallest absolute Gasteiger partial charge is 0.256 e. The third-order valence-corrected chi connectivity index (χ3v) is 3.98. The number of rotatable bonds is 4. The lowest BCUT2D eigenvalue weighted by Gasteiger charge is -2.14. The summed E-state index contributed by atoms with van der Waals surface area (Å²) in [7, 11) is 0. The van der Waals surface area contributed by atoms with Gasteiger partial charge in [0.1, 0.15) is 0 Å². The Morgan fingerprint density at radius 1 is 1.05 bits per heavy atom. The van der Waals surface area contributed by atoms with Crippen LogP contribution in [-0.4, -0.2) is 12.2 Å². The highest BCUT2D eigenvalue weighted by molar-refractivity contribution is 7.98. The van der Waals surface area contributed by atoms with E-state index in [0.717, 1.165) is 21.7 Å². The van der Waals surface area contributed by atoms with Crippen LogP contribution in [0.15, 0.2) is 53.4 Å². The van der Waals surface area contributed by atoms with Gasteiger partial charge in [0.05, 0.1) is 5.56 Å². The van der Waals surface area contributed by atoms with Gasteiger partial charge in [0.2, 0.25) is 0 Å². The van der Waals surface area contributed by atoms with Crippen LogP contribution in [0.2, 0.25) is 0 Å². The number of amides is 1. The molecule has 2 rings (SSSR count). The van der Waals surface area contributed by atoms with Crippen molar-refractivity contribution in [2.75, 3.05) is 11.6 Å². The van der Waals surface area contributed by atoms with E-state index in [1.54, 1.807) is 11.8 Å². The van der Waals surface area contributed by atoms with E-state index in [2.05, 4.69) is 25.2 Å². The average molecular weight is 285 g/mol. The number of benzene rings is 2. The lowest BCUT2D eigenvalue weighted by molar-refractivity contribution is 0.102. The molecule has 0 spiro atoms. The summed E-state index contributed by atoms with van der Waals surface area (Å²) in [6.45, 7) is 4.25. The van der Waals surface area contributed by atoms with Crippen LogP contribution in [-0.2, 0) is 0 Å². The molecule has 2 nitrogen and oxygen atoms in total. The van der Waals surface area contributed by atoms with Crippen molar-refractivity contribution in [1.82, 2.24) is 0 Å². The molecule has 0 aliphatic carbocycles. The van der Waals surface area contributed by atoms with Gasteiger partial charge in [-0.3, -0.25) is 4.79 Å². The molecule has 20 heavy (non-hydrogen) atoms. The molecule has 0 fully saturated rings. The first-order valence-corrected chi connectivity index (χ1v) is 7.89. The lowest BCUT2D eigenvalue weighted by Crippen LogP contribution is -2.14. The second kappa shape index (κ2) is 6.62. The number of hydrogen-bond donors (Lipinski definition) is 1. The maximum Gasteiger partial charge on any atom is 0.256 e. The van der Waals surface area contributed by atoms with Crippen molar-refractivity contribution in [2.24, 2.45) is 0 Å². The largest absolute Gasteiger partial charge is 0.322 e. The summed E-state index contributed by atoms with van der Waals surface area (Å²) in [5, 5.41) is 3.03. The van der Waals surface area contributed by atoms with E-state index < -0.39 is 0 Å². The summed E-state index contributed by atoms with van der Waals surface area (Å²) in [5.41, 5.74) is 2.77. The first kappa shape index (κ1) is 14.7. The predicted octanol–water partition coefficient (Wildman–Crippen LogP) is 4.78. The average Bonchev–Trinajstić information content (AvgIpc) is 2.47. The normalized spacial score (nSPS) is 10.6. The topological polar surface area (TPSA) is 29.1 Å². The minimum Gasteiger partial charge on any atom is -0.322 e. The molecule has 104 valence electrons. The molecule has 0 saturated heterocycles. The fourth-order valence-corrected chi connectivity index (χ4v) is 2.73. The molecular weight excluding hydrogens is 266 g/mol. The highest BCUT2D eigenvalue weighted by Crippen LogP contribution is 2.26. The van der Waals surface area contributed by atoms with E-state index in [-0.39, 0.29) is 5.91 Å². The fourth-order valence-electron chi connectivity index (χ4n) is 2.14. The molecule has 0 bridgehead atoms. The molecule has 0 heterocycles. The Labute approximate surface area is 124 Å². The standard InChI is InChI=1S/C17H19NOS/c1-12(2)13-8-4-6-10-15(13)18-17(19)14-9-5-7-11-16(14)20-3/h4-12H,1-3H3,(H,18,19). The number of hydrogen-bond acceptors (Lipinski definition) is 2. The third-order valence-electron chi connectivity index (χ3n) is 3.18. The zero-order valence-corrected chi connectivity index (χ0v) is 12.8. The zero-order chi connectivity index (χ0) is 14.5. The van der Waals surface area contributed by atoms with Gasteiger partial charge in [0.15, 0.2) is 0 Å². The Kier molecular flexibility index (Phi) is 4.85. The Bertz CT molecular complexity index is 607. The maximum absolute atomic E-state index is 12.4. The molecule has 0 aliphatic heterocycles. The van der Waals surface area contributed by atoms with Gasteiger partial charge in [-0.1, -0.05) is 44.2 Å². The fraction of sp³-hybridized carbons (Fsp3) is 0.235. The van der Waals surface area contributed by atoms with Crippen LogP contribution in [0.4, 0.5) is 5.69 Å². The second-order valence-electron chi connectivity index (χ2n) is 4.90. The number of carbonyl (C=O) groups excluding carboxylic acids is 1. The quantitative estimate of drug-likeness (QED) is 0.819. The van der Waals surface area contributed by atoms with Gasteiger partial charge in [-0.2, -0.15) is 0 Å². The predicted molar refractivity (Wildman–Crippen MR) is 86.7 cm³/mol. The van der Waals surface area contributed by atoms with Crippen LogP contribution in [0.1, 0.15) is 35.7 Å². The molecule has 0 aliphatic rings. The van der Waals surface area contributed by atoms with Crippen LogP contribution >= 0.6 is 11.8 Å². The van der Waals surface area contributed by atoms with Gasteiger partial charge in [-0.05, 0) is 35.9 Å². The SMILES string of the molecule is CSc1ccccc1C(=O)Nc1ccccc1C(C)C. The van der Waals surface area contributed by atoms with Gasteiger partial charge < -0.3 is 5.32 Å². The van der Waals surface area contributed by atoms with Crippen molar-refractivity contribution < 1.29 is 4.79 Å². The van der Waals surface area contributed by atoms with Crippen LogP contribution in [0, 0.1) is 0 Å². The minimum atomic E-state index is -0.0527. The van der Waals surface area contributed by atoms with Gasteiger partial charge in [-0.25, -0.2) is 0 Å². The third kappa shape index (κ3) is 3.23. The highest BCUT2D eigenvalue weighted by Gasteiger charge is 2.13. The number of para-hydroxylation sites is 1. The summed E-state index contributed by atoms with van der Waals surface area (Å²) in [6.07, 6.45) is 1.98. The highest BCUT2D eigenvalue weighted by atomic mass is 32.2. The van der Waals surface area contributed by atoms with Crippen LogP contribution in [0.3, 0.4) is 0 Å². The van der Waals surface area contributed by atoms with E-state index in [4.69, 9.17) is 0 Å². The second-order valence-corrected chi connectivity index (χ2v) is 5.74. The molecular formula is C17H19NOS. The van der Waals surface area contributed by atoms with Crippen LogP contribution in [0.25, 0.3) is 0 Å².